The molecule has 0 bridgehead atoms. The van der Waals surface area contributed by atoms with Gasteiger partial charge in [-0.2, -0.15) is 10.4 Å². The Balaban J connectivity index is 1.74. The predicted molar refractivity (Wildman–Crippen MR) is 98.3 cm³/mol. The van der Waals surface area contributed by atoms with Crippen molar-refractivity contribution in [2.75, 3.05) is 18.0 Å². The van der Waals surface area contributed by atoms with Crippen molar-refractivity contribution < 1.29 is 9.53 Å². The lowest BCUT2D eigenvalue weighted by Gasteiger charge is -2.21. The van der Waals surface area contributed by atoms with Gasteiger partial charge in [-0.05, 0) is 19.1 Å². The summed E-state index contributed by atoms with van der Waals surface area (Å²) in [7, 11) is 0. The topological polar surface area (TPSA) is 144 Å². The van der Waals surface area contributed by atoms with Gasteiger partial charge in [0.25, 0.3) is 5.91 Å². The van der Waals surface area contributed by atoms with E-state index in [1.165, 1.54) is 6.20 Å². The highest BCUT2D eigenvalue weighted by Gasteiger charge is 2.27. The average molecular weight is 365 g/mol. The van der Waals surface area contributed by atoms with Crippen LogP contribution in [0.2, 0.25) is 0 Å². The summed E-state index contributed by atoms with van der Waals surface area (Å²) in [5, 5.41) is 17.0. The Hall–Kier alpha value is -3.67. The lowest BCUT2D eigenvalue weighted by Crippen LogP contribution is -2.26. The van der Waals surface area contributed by atoms with Gasteiger partial charge in [-0.3, -0.25) is 4.79 Å². The molecule has 1 atom stereocenters. The van der Waals surface area contributed by atoms with Crippen LogP contribution in [0.15, 0.2) is 30.6 Å². The van der Waals surface area contributed by atoms with Crippen LogP contribution in [0.5, 0.6) is 5.88 Å². The van der Waals surface area contributed by atoms with E-state index in [4.69, 9.17) is 21.5 Å². The van der Waals surface area contributed by atoms with E-state index >= 15 is 0 Å². The molecule has 2 aromatic heterocycles. The molecule has 3 heterocycles. The van der Waals surface area contributed by atoms with Gasteiger partial charge in [0.15, 0.2) is 0 Å². The molecule has 0 aromatic carbocycles. The van der Waals surface area contributed by atoms with Crippen LogP contribution >= 0.6 is 0 Å². The molecule has 1 fully saturated rings. The number of aryl methyl sites for hydroxylation is 1. The molecule has 9 nitrogen and oxygen atoms in total. The summed E-state index contributed by atoms with van der Waals surface area (Å²) in [6.07, 6.45) is 3.36. The summed E-state index contributed by atoms with van der Waals surface area (Å²) in [6, 6.07) is 7.14. The number of hydrogen-bond donors (Lipinski definition) is 2. The molecule has 1 saturated heterocycles. The summed E-state index contributed by atoms with van der Waals surface area (Å²) >= 11 is 0. The molecular weight excluding hydrogens is 346 g/mol. The zero-order valence-electron chi connectivity index (χ0n) is 14.8. The van der Waals surface area contributed by atoms with Crippen LogP contribution in [0.1, 0.15) is 23.4 Å². The second kappa shape index (κ2) is 7.70. The quantitative estimate of drug-likeness (QED) is 0.729. The fraction of sp³-hybridized carbons (Fsp3) is 0.278. The molecule has 1 amide bonds. The monoisotopic (exact) mass is 365 g/mol. The van der Waals surface area contributed by atoms with Gasteiger partial charge in [-0.25, -0.2) is 4.98 Å². The number of nitriles is 1. The summed E-state index contributed by atoms with van der Waals surface area (Å²) in [5.41, 5.74) is 13.3. The first-order valence-corrected chi connectivity index (χ1v) is 8.36. The van der Waals surface area contributed by atoms with Crippen molar-refractivity contribution in [1.29, 1.82) is 5.26 Å². The van der Waals surface area contributed by atoms with Gasteiger partial charge in [0, 0.05) is 31.4 Å². The van der Waals surface area contributed by atoms with Crippen molar-refractivity contribution >= 4 is 17.2 Å². The van der Waals surface area contributed by atoms with Crippen molar-refractivity contribution in [2.24, 2.45) is 11.5 Å². The largest absolute Gasteiger partial charge is 0.472 e. The number of rotatable bonds is 5. The molecular formula is C18H19N7O2. The third kappa shape index (κ3) is 3.95. The smallest absolute Gasteiger partial charge is 0.252 e. The van der Waals surface area contributed by atoms with Crippen LogP contribution in [-0.2, 0) is 4.79 Å². The minimum atomic E-state index is -0.656. The summed E-state index contributed by atoms with van der Waals surface area (Å²) in [6.45, 7) is 3.23. The third-order valence-corrected chi connectivity index (χ3v) is 4.30. The fourth-order valence-corrected chi connectivity index (χ4v) is 2.92. The number of pyridine rings is 1. The third-order valence-electron chi connectivity index (χ3n) is 4.30. The Labute approximate surface area is 156 Å². The molecule has 4 N–H and O–H groups in total. The van der Waals surface area contributed by atoms with E-state index in [9.17, 15) is 4.79 Å². The zero-order valence-corrected chi connectivity index (χ0v) is 14.8. The van der Waals surface area contributed by atoms with E-state index in [-0.39, 0.29) is 11.7 Å². The molecule has 3 rings (SSSR count). The number of anilines is 1. The van der Waals surface area contributed by atoms with Gasteiger partial charge < -0.3 is 21.1 Å². The second-order valence-corrected chi connectivity index (χ2v) is 6.12. The number of nitrogens with two attached hydrogens (primary N) is 2. The summed E-state index contributed by atoms with van der Waals surface area (Å²) in [4.78, 5) is 17.7. The van der Waals surface area contributed by atoms with Gasteiger partial charge in [-0.15, -0.1) is 5.10 Å². The van der Waals surface area contributed by atoms with Crippen molar-refractivity contribution in [3.63, 3.8) is 0 Å². The van der Waals surface area contributed by atoms with Gasteiger partial charge in [0.05, 0.1) is 29.1 Å². The predicted octanol–water partition coefficient (Wildman–Crippen LogP) is 0.494. The Bertz CT molecular complexity index is 918. The minimum Gasteiger partial charge on any atom is -0.472 e. The normalized spacial score (nSPS) is 16.8. The summed E-state index contributed by atoms with van der Waals surface area (Å²) in [5.74, 6) is -0.177. The number of carbonyl (C=O) groups excluding carboxylic acids is 1. The molecule has 0 aliphatic carbocycles. The van der Waals surface area contributed by atoms with Crippen molar-refractivity contribution in [3.8, 4) is 11.9 Å². The molecule has 1 unspecified atom stereocenters. The van der Waals surface area contributed by atoms with Crippen LogP contribution in [0.4, 0.5) is 5.69 Å². The maximum absolute atomic E-state index is 11.5. The Morgan fingerprint density at radius 2 is 2.26 bits per heavy atom. The van der Waals surface area contributed by atoms with Crippen LogP contribution in [0, 0.1) is 18.3 Å². The van der Waals surface area contributed by atoms with E-state index in [1.807, 2.05) is 13.0 Å². The van der Waals surface area contributed by atoms with Crippen LogP contribution < -0.4 is 21.1 Å². The molecule has 1 aliphatic rings. The first-order valence-electron chi connectivity index (χ1n) is 8.36. The first kappa shape index (κ1) is 18.1. The molecule has 0 radical (unpaired) electrons. The molecule has 138 valence electrons. The fourth-order valence-electron chi connectivity index (χ4n) is 2.92. The molecule has 27 heavy (non-hydrogen) atoms. The van der Waals surface area contributed by atoms with Gasteiger partial charge in [0.2, 0.25) is 5.88 Å². The van der Waals surface area contributed by atoms with Crippen molar-refractivity contribution in [3.05, 3.63) is 47.5 Å². The maximum Gasteiger partial charge on any atom is 0.252 e. The number of amides is 1. The highest BCUT2D eigenvalue weighted by Crippen LogP contribution is 2.27. The van der Waals surface area contributed by atoms with E-state index < -0.39 is 5.91 Å². The standard InChI is InChI=1S/C18H19N7O2/c1-11-16(6-15(24-23-11)14(8-20)18(21)26)25-5-4-13(10-25)27-17-3-2-12(7-19)9-22-17/h2-3,6,8-9,13H,4-5,10,20H2,1H3,(H2,21,26)/b14-8-. The van der Waals surface area contributed by atoms with Crippen molar-refractivity contribution in [2.45, 2.75) is 19.4 Å². The summed E-state index contributed by atoms with van der Waals surface area (Å²) < 4.78 is 5.90. The first-order chi connectivity index (χ1) is 13.0. The van der Waals surface area contributed by atoms with Gasteiger partial charge in [-0.1, -0.05) is 0 Å². The van der Waals surface area contributed by atoms with Crippen molar-refractivity contribution in [1.82, 2.24) is 15.2 Å². The number of carbonyl (C=O) groups is 1. The Morgan fingerprint density at radius 3 is 2.89 bits per heavy atom. The van der Waals surface area contributed by atoms with Gasteiger partial charge in [0.1, 0.15) is 17.9 Å². The average Bonchev–Trinajstić information content (AvgIpc) is 3.12. The number of nitrogens with zero attached hydrogens (tertiary/aromatic N) is 5. The van der Waals surface area contributed by atoms with Crippen LogP contribution in [0.25, 0.3) is 5.57 Å². The number of hydrogen-bond acceptors (Lipinski definition) is 8. The van der Waals surface area contributed by atoms with E-state index in [2.05, 4.69) is 20.1 Å². The molecule has 1 aliphatic heterocycles. The molecule has 9 heteroatoms. The highest BCUT2D eigenvalue weighted by atomic mass is 16.5. The van der Waals surface area contributed by atoms with E-state index in [1.54, 1.807) is 18.2 Å². The second-order valence-electron chi connectivity index (χ2n) is 6.12. The zero-order chi connectivity index (χ0) is 19.4. The van der Waals surface area contributed by atoms with E-state index in [0.717, 1.165) is 30.5 Å². The molecule has 2 aromatic rings. The van der Waals surface area contributed by atoms with Gasteiger partial charge >= 0.3 is 0 Å². The van der Waals surface area contributed by atoms with E-state index in [0.29, 0.717) is 23.7 Å². The minimum absolute atomic E-state index is 0.0536. The molecule has 0 saturated carbocycles. The molecule has 0 spiro atoms. The highest BCUT2D eigenvalue weighted by molar-refractivity contribution is 6.18. The number of ether oxygens (including phenoxy) is 1. The number of aromatic nitrogens is 3. The maximum atomic E-state index is 11.5. The number of primary amides is 1. The van der Waals surface area contributed by atoms with Crippen LogP contribution in [-0.4, -0.2) is 40.3 Å². The SMILES string of the molecule is Cc1nnc(/C(=C/N)C(N)=O)cc1N1CCC(Oc2ccc(C#N)cn2)C1. The lowest BCUT2D eigenvalue weighted by molar-refractivity contribution is -0.112. The lowest BCUT2D eigenvalue weighted by atomic mass is 10.1. The Morgan fingerprint density at radius 1 is 1.44 bits per heavy atom. The van der Waals surface area contributed by atoms with Crippen LogP contribution in [0.3, 0.4) is 0 Å². The Kier molecular flexibility index (Phi) is 5.17.